The molecule has 0 aliphatic carbocycles. The van der Waals surface area contributed by atoms with Crippen LogP contribution in [0.15, 0.2) is 48.8 Å². The number of hydrogen-bond acceptors (Lipinski definition) is 1. The first-order valence-corrected chi connectivity index (χ1v) is 5.71. The fourth-order valence-electron chi connectivity index (χ4n) is 1.66. The summed E-state index contributed by atoms with van der Waals surface area (Å²) in [7, 11) is 0. The van der Waals surface area contributed by atoms with Crippen LogP contribution in [0.5, 0.6) is 0 Å². The molecule has 1 heteroatoms. The maximum atomic E-state index is 3.97. The van der Waals surface area contributed by atoms with Gasteiger partial charge in [0.15, 0.2) is 0 Å². The minimum atomic E-state index is 0.856. The van der Waals surface area contributed by atoms with Crippen molar-refractivity contribution in [3.05, 3.63) is 59.9 Å². The number of nitrogens with zero attached hydrogens (tertiary/aromatic N) is 1. The van der Waals surface area contributed by atoms with Crippen LogP contribution < -0.4 is 0 Å². The summed E-state index contributed by atoms with van der Waals surface area (Å²) in [6.07, 6.45) is 1.09. The van der Waals surface area contributed by atoms with Crippen molar-refractivity contribution in [3.8, 4) is 0 Å². The Morgan fingerprint density at radius 1 is 1.00 bits per heavy atom. The van der Waals surface area contributed by atoms with E-state index in [1.807, 2.05) is 13.8 Å². The number of benzene rings is 1. The highest BCUT2D eigenvalue weighted by Crippen LogP contribution is 2.15. The van der Waals surface area contributed by atoms with E-state index >= 15 is 0 Å². The first-order chi connectivity index (χ1) is 7.54. The molecule has 1 nitrogen and oxygen atoms in total. The fourth-order valence-corrected chi connectivity index (χ4v) is 1.66. The Bertz CT molecular complexity index is 359. The highest BCUT2D eigenvalue weighted by atomic mass is 15.1. The van der Waals surface area contributed by atoms with Crippen molar-refractivity contribution in [2.45, 2.75) is 33.7 Å². The molecule has 1 aromatic carbocycles. The molecule has 86 valence electrons. The molecule has 0 aliphatic heterocycles. The van der Waals surface area contributed by atoms with Crippen molar-refractivity contribution >= 4 is 0 Å². The smallest absolute Gasteiger partial charge is 0.0474 e. The predicted molar refractivity (Wildman–Crippen MR) is 71.0 cm³/mol. The predicted octanol–water partition coefficient (Wildman–Crippen LogP) is 4.12. The first kappa shape index (κ1) is 12.6. The maximum Gasteiger partial charge on any atom is 0.0474 e. The van der Waals surface area contributed by atoms with Crippen LogP contribution in [0.2, 0.25) is 0 Å². The van der Waals surface area contributed by atoms with Crippen LogP contribution in [0.3, 0.4) is 0 Å². The van der Waals surface area contributed by atoms with E-state index in [-0.39, 0.29) is 0 Å². The lowest BCUT2D eigenvalue weighted by atomic mass is 10.1. The molecular weight excluding hydrogens is 194 g/mol. The van der Waals surface area contributed by atoms with E-state index in [1.54, 1.807) is 0 Å². The van der Waals surface area contributed by atoms with Crippen molar-refractivity contribution in [2.75, 3.05) is 0 Å². The summed E-state index contributed by atoms with van der Waals surface area (Å²) in [5.41, 5.74) is 4.74. The molecule has 0 radical (unpaired) electrons. The molecule has 0 N–H and O–H groups in total. The van der Waals surface area contributed by atoms with Gasteiger partial charge in [-0.25, -0.2) is 0 Å². The minimum Gasteiger partial charge on any atom is -0.346 e. The summed E-state index contributed by atoms with van der Waals surface area (Å²) < 4.78 is 0. The minimum absolute atomic E-state index is 0.856. The lowest BCUT2D eigenvalue weighted by molar-refractivity contribution is 0.426. The Balaban J connectivity index is 2.77. The van der Waals surface area contributed by atoms with Gasteiger partial charge in [-0.2, -0.15) is 0 Å². The summed E-state index contributed by atoms with van der Waals surface area (Å²) >= 11 is 0. The van der Waals surface area contributed by atoms with E-state index in [9.17, 15) is 0 Å². The molecule has 0 fully saturated rings. The molecule has 0 bridgehead atoms. The highest BCUT2D eigenvalue weighted by molar-refractivity contribution is 5.23. The Morgan fingerprint density at radius 2 is 1.44 bits per heavy atom. The molecule has 0 heterocycles. The molecule has 0 aliphatic rings. The van der Waals surface area contributed by atoms with Gasteiger partial charge in [-0.3, -0.25) is 0 Å². The largest absolute Gasteiger partial charge is 0.346 e. The molecular formula is C15H21N. The Labute approximate surface area is 99.1 Å². The molecule has 1 rings (SSSR count). The number of aryl methyl sites for hydroxylation is 1. The van der Waals surface area contributed by atoms with Crippen LogP contribution in [-0.4, -0.2) is 4.90 Å². The van der Waals surface area contributed by atoms with E-state index < -0.39 is 0 Å². The van der Waals surface area contributed by atoms with Crippen LogP contribution in [0.1, 0.15) is 31.9 Å². The van der Waals surface area contributed by atoms with Crippen molar-refractivity contribution < 1.29 is 0 Å². The number of hydrogen-bond donors (Lipinski definition) is 0. The second kappa shape index (κ2) is 5.55. The molecule has 0 amide bonds. The van der Waals surface area contributed by atoms with E-state index in [4.69, 9.17) is 0 Å². The molecule has 0 saturated heterocycles. The fraction of sp³-hybridized carbons (Fsp3) is 0.333. The third-order valence-corrected chi connectivity index (χ3v) is 2.69. The average Bonchev–Trinajstić information content (AvgIpc) is 2.25. The van der Waals surface area contributed by atoms with E-state index in [1.165, 1.54) is 11.1 Å². The lowest BCUT2D eigenvalue weighted by Crippen LogP contribution is -2.17. The molecule has 16 heavy (non-hydrogen) atoms. The maximum absolute atomic E-state index is 3.97. The van der Waals surface area contributed by atoms with Gasteiger partial charge < -0.3 is 4.90 Å². The van der Waals surface area contributed by atoms with Crippen LogP contribution in [0.4, 0.5) is 0 Å². The third-order valence-electron chi connectivity index (χ3n) is 2.69. The quantitative estimate of drug-likeness (QED) is 0.714. The monoisotopic (exact) mass is 215 g/mol. The number of rotatable bonds is 5. The van der Waals surface area contributed by atoms with Gasteiger partial charge in [0, 0.05) is 17.9 Å². The summed E-state index contributed by atoms with van der Waals surface area (Å²) in [6.45, 7) is 15.0. The Morgan fingerprint density at radius 3 is 1.81 bits per heavy atom. The Kier molecular flexibility index (Phi) is 4.36. The van der Waals surface area contributed by atoms with Gasteiger partial charge in [0.1, 0.15) is 0 Å². The zero-order valence-corrected chi connectivity index (χ0v) is 10.6. The van der Waals surface area contributed by atoms with Gasteiger partial charge in [-0.05, 0) is 31.4 Å². The van der Waals surface area contributed by atoms with Crippen molar-refractivity contribution in [1.82, 2.24) is 4.90 Å². The van der Waals surface area contributed by atoms with E-state index in [0.29, 0.717) is 0 Å². The zero-order chi connectivity index (χ0) is 12.1. The van der Waals surface area contributed by atoms with Gasteiger partial charge in [0.2, 0.25) is 0 Å². The summed E-state index contributed by atoms with van der Waals surface area (Å²) in [6, 6.07) is 8.73. The van der Waals surface area contributed by atoms with Crippen LogP contribution in [0.25, 0.3) is 0 Å². The molecule has 0 saturated carbocycles. The molecule has 0 unspecified atom stereocenters. The molecule has 0 atom stereocenters. The van der Waals surface area contributed by atoms with Gasteiger partial charge in [0.05, 0.1) is 0 Å². The van der Waals surface area contributed by atoms with Crippen LogP contribution in [0, 0.1) is 0 Å². The van der Waals surface area contributed by atoms with E-state index in [0.717, 1.165) is 24.4 Å². The lowest BCUT2D eigenvalue weighted by Gasteiger charge is -2.24. The van der Waals surface area contributed by atoms with Crippen molar-refractivity contribution in [2.24, 2.45) is 0 Å². The summed E-state index contributed by atoms with van der Waals surface area (Å²) in [5, 5.41) is 0. The van der Waals surface area contributed by atoms with Crippen molar-refractivity contribution in [3.63, 3.8) is 0 Å². The molecule has 0 spiro atoms. The topological polar surface area (TPSA) is 3.24 Å². The summed E-state index contributed by atoms with van der Waals surface area (Å²) in [4.78, 5) is 2.13. The SMILES string of the molecule is C=C(C)N(Cc1ccc(CC)cc1)C(=C)C. The third kappa shape index (κ3) is 3.27. The standard InChI is InChI=1S/C15H21N/c1-6-14-7-9-15(10-8-14)11-16(12(2)3)13(4)5/h7-10H,2,4,6,11H2,1,3,5H3. The van der Waals surface area contributed by atoms with Crippen molar-refractivity contribution in [1.29, 1.82) is 0 Å². The van der Waals surface area contributed by atoms with E-state index in [2.05, 4.69) is 49.2 Å². The first-order valence-electron chi connectivity index (χ1n) is 5.71. The molecule has 1 aromatic rings. The van der Waals surface area contributed by atoms with Crippen LogP contribution in [-0.2, 0) is 13.0 Å². The second-order valence-corrected chi connectivity index (χ2v) is 4.23. The number of allylic oxidation sites excluding steroid dienone is 2. The summed E-state index contributed by atoms with van der Waals surface area (Å²) in [5.74, 6) is 0. The average molecular weight is 215 g/mol. The van der Waals surface area contributed by atoms with Gasteiger partial charge in [-0.15, -0.1) is 0 Å². The van der Waals surface area contributed by atoms with Crippen LogP contribution >= 0.6 is 0 Å². The van der Waals surface area contributed by atoms with Gasteiger partial charge in [0.25, 0.3) is 0 Å². The molecule has 0 aromatic heterocycles. The van der Waals surface area contributed by atoms with Gasteiger partial charge >= 0.3 is 0 Å². The zero-order valence-electron chi connectivity index (χ0n) is 10.6. The Hall–Kier alpha value is -1.50. The second-order valence-electron chi connectivity index (χ2n) is 4.23. The highest BCUT2D eigenvalue weighted by Gasteiger charge is 2.05. The normalized spacial score (nSPS) is 9.94. The van der Waals surface area contributed by atoms with Gasteiger partial charge in [-0.1, -0.05) is 44.3 Å².